The molecule has 0 rings (SSSR count). The molecule has 0 saturated heterocycles. The molecular formula is C12H22N2O4. The van der Waals surface area contributed by atoms with Crippen LogP contribution < -0.4 is 5.32 Å². The molecule has 0 aromatic carbocycles. The van der Waals surface area contributed by atoms with Gasteiger partial charge in [0.1, 0.15) is 6.04 Å². The van der Waals surface area contributed by atoms with E-state index in [0.717, 1.165) is 4.90 Å². The van der Waals surface area contributed by atoms with E-state index in [1.165, 1.54) is 7.05 Å². The van der Waals surface area contributed by atoms with Gasteiger partial charge in [-0.3, -0.25) is 9.59 Å². The van der Waals surface area contributed by atoms with E-state index in [1.54, 1.807) is 27.7 Å². The highest BCUT2D eigenvalue weighted by Gasteiger charge is 2.26. The summed E-state index contributed by atoms with van der Waals surface area (Å²) in [6, 6.07) is -0.857. The molecule has 18 heavy (non-hydrogen) atoms. The lowest BCUT2D eigenvalue weighted by Crippen LogP contribution is -2.47. The Morgan fingerprint density at radius 1 is 1.28 bits per heavy atom. The van der Waals surface area contributed by atoms with Crippen LogP contribution in [0.4, 0.5) is 0 Å². The number of nitrogens with zero attached hydrogens (tertiary/aromatic N) is 1. The summed E-state index contributed by atoms with van der Waals surface area (Å²) in [6.45, 7) is 6.72. The van der Waals surface area contributed by atoms with Crippen LogP contribution in [-0.2, 0) is 14.4 Å². The molecule has 0 aliphatic heterocycles. The lowest BCUT2D eigenvalue weighted by molar-refractivity contribution is -0.149. The van der Waals surface area contributed by atoms with Gasteiger partial charge in [0.25, 0.3) is 0 Å². The van der Waals surface area contributed by atoms with E-state index >= 15 is 0 Å². The average Bonchev–Trinajstić information content (AvgIpc) is 2.24. The topological polar surface area (TPSA) is 86.7 Å². The fraction of sp³-hybridized carbons (Fsp3) is 0.750. The van der Waals surface area contributed by atoms with Crippen molar-refractivity contribution in [1.29, 1.82) is 0 Å². The van der Waals surface area contributed by atoms with Crippen molar-refractivity contribution in [1.82, 2.24) is 10.2 Å². The Balaban J connectivity index is 4.42. The van der Waals surface area contributed by atoms with Crippen LogP contribution in [0.1, 0.15) is 34.1 Å². The fourth-order valence-electron chi connectivity index (χ4n) is 1.33. The molecule has 6 nitrogen and oxygen atoms in total. The lowest BCUT2D eigenvalue weighted by atomic mass is 9.96. The number of amides is 2. The van der Waals surface area contributed by atoms with E-state index in [0.29, 0.717) is 6.42 Å². The van der Waals surface area contributed by atoms with Crippen molar-refractivity contribution in [3.63, 3.8) is 0 Å². The smallest absolute Gasteiger partial charge is 0.326 e. The predicted molar refractivity (Wildman–Crippen MR) is 66.9 cm³/mol. The molecule has 104 valence electrons. The summed E-state index contributed by atoms with van der Waals surface area (Å²) in [6.07, 6.45) is 0.324. The van der Waals surface area contributed by atoms with Crippen LogP contribution in [0.25, 0.3) is 0 Å². The molecule has 0 saturated carbocycles. The maximum Gasteiger partial charge on any atom is 0.326 e. The Morgan fingerprint density at radius 2 is 1.78 bits per heavy atom. The zero-order valence-electron chi connectivity index (χ0n) is 11.6. The number of hydrogen-bond donors (Lipinski definition) is 2. The van der Waals surface area contributed by atoms with E-state index in [-0.39, 0.29) is 12.5 Å². The number of nitrogens with one attached hydrogen (secondary N) is 1. The molecule has 6 heteroatoms. The Bertz CT molecular complexity index is 333. The van der Waals surface area contributed by atoms with Crippen molar-refractivity contribution in [2.45, 2.75) is 40.2 Å². The van der Waals surface area contributed by atoms with E-state index < -0.39 is 23.3 Å². The number of likely N-dealkylation sites (N-methyl/N-ethyl adjacent to an activating group) is 1. The zero-order valence-corrected chi connectivity index (χ0v) is 11.6. The van der Waals surface area contributed by atoms with Crippen LogP contribution in [0, 0.1) is 5.41 Å². The van der Waals surface area contributed by atoms with Crippen molar-refractivity contribution < 1.29 is 19.5 Å². The second-order valence-corrected chi connectivity index (χ2v) is 5.20. The number of rotatable bonds is 5. The molecule has 0 bridgehead atoms. The molecule has 1 atom stereocenters. The summed E-state index contributed by atoms with van der Waals surface area (Å²) in [7, 11) is 1.42. The van der Waals surface area contributed by atoms with Crippen LogP contribution in [0.3, 0.4) is 0 Å². The monoisotopic (exact) mass is 258 g/mol. The average molecular weight is 258 g/mol. The summed E-state index contributed by atoms with van der Waals surface area (Å²) in [5, 5.41) is 11.4. The first-order chi connectivity index (χ1) is 8.11. The second kappa shape index (κ2) is 6.37. The highest BCUT2D eigenvalue weighted by Crippen LogP contribution is 2.12. The van der Waals surface area contributed by atoms with Crippen LogP contribution >= 0.6 is 0 Å². The highest BCUT2D eigenvalue weighted by molar-refractivity contribution is 5.89. The third-order valence-corrected chi connectivity index (χ3v) is 2.61. The molecule has 2 N–H and O–H groups in total. The molecular weight excluding hydrogens is 236 g/mol. The van der Waals surface area contributed by atoms with Gasteiger partial charge in [-0.1, -0.05) is 27.7 Å². The Labute approximate surface area is 107 Å². The number of carbonyl (C=O) groups is 3. The normalized spacial score (nSPS) is 12.7. The maximum atomic E-state index is 11.7. The molecule has 0 aliphatic carbocycles. The minimum atomic E-state index is -1.05. The molecule has 1 unspecified atom stereocenters. The van der Waals surface area contributed by atoms with Crippen LogP contribution in [0.5, 0.6) is 0 Å². The number of carboxylic acid groups (broad SMARTS) is 1. The van der Waals surface area contributed by atoms with Crippen LogP contribution in [0.2, 0.25) is 0 Å². The molecule has 0 aromatic rings. The van der Waals surface area contributed by atoms with E-state index in [1.807, 2.05) is 0 Å². The lowest BCUT2D eigenvalue weighted by Gasteiger charge is -2.25. The van der Waals surface area contributed by atoms with Gasteiger partial charge in [-0.2, -0.15) is 0 Å². The maximum absolute atomic E-state index is 11.7. The quantitative estimate of drug-likeness (QED) is 0.750. The van der Waals surface area contributed by atoms with Gasteiger partial charge in [0.15, 0.2) is 0 Å². The van der Waals surface area contributed by atoms with Gasteiger partial charge < -0.3 is 15.3 Å². The van der Waals surface area contributed by atoms with Gasteiger partial charge in [-0.15, -0.1) is 0 Å². The Morgan fingerprint density at radius 3 is 2.11 bits per heavy atom. The van der Waals surface area contributed by atoms with Crippen molar-refractivity contribution >= 4 is 17.8 Å². The van der Waals surface area contributed by atoms with Crippen LogP contribution in [0.15, 0.2) is 0 Å². The van der Waals surface area contributed by atoms with Crippen LogP contribution in [-0.4, -0.2) is 47.4 Å². The summed E-state index contributed by atoms with van der Waals surface area (Å²) < 4.78 is 0. The SMILES string of the molecule is CCC(C(=O)O)N(C)C(=O)CNC(=O)C(C)(C)C. The number of hydrogen-bond acceptors (Lipinski definition) is 3. The minimum absolute atomic E-state index is 0.184. The number of aliphatic carboxylic acids is 1. The minimum Gasteiger partial charge on any atom is -0.480 e. The molecule has 2 amide bonds. The van der Waals surface area contributed by atoms with Gasteiger partial charge in [0.2, 0.25) is 11.8 Å². The standard InChI is InChI=1S/C12H22N2O4/c1-6-8(10(16)17)14(5)9(15)7-13-11(18)12(2,3)4/h8H,6-7H2,1-5H3,(H,13,18)(H,16,17). The summed E-state index contributed by atoms with van der Waals surface area (Å²) in [5.41, 5.74) is -0.574. The first-order valence-corrected chi connectivity index (χ1v) is 5.88. The van der Waals surface area contributed by atoms with Gasteiger partial charge in [-0.25, -0.2) is 4.79 Å². The van der Waals surface area contributed by atoms with Crippen molar-refractivity contribution in [3.05, 3.63) is 0 Å². The fourth-order valence-corrected chi connectivity index (χ4v) is 1.33. The third kappa shape index (κ3) is 4.73. The van der Waals surface area contributed by atoms with Crippen molar-refractivity contribution in [3.8, 4) is 0 Å². The molecule has 0 aromatic heterocycles. The highest BCUT2D eigenvalue weighted by atomic mass is 16.4. The molecule has 0 fully saturated rings. The van der Waals surface area contributed by atoms with Gasteiger partial charge in [0, 0.05) is 12.5 Å². The molecule has 0 aliphatic rings. The first-order valence-electron chi connectivity index (χ1n) is 5.88. The Hall–Kier alpha value is -1.59. The largest absolute Gasteiger partial charge is 0.480 e. The summed E-state index contributed by atoms with van der Waals surface area (Å²) >= 11 is 0. The van der Waals surface area contributed by atoms with E-state index in [9.17, 15) is 14.4 Å². The molecule has 0 heterocycles. The number of carbonyl (C=O) groups excluding carboxylic acids is 2. The first kappa shape index (κ1) is 16.4. The van der Waals surface area contributed by atoms with Gasteiger partial charge >= 0.3 is 5.97 Å². The Kier molecular flexibility index (Phi) is 5.81. The van der Waals surface area contributed by atoms with Gasteiger partial charge in [-0.05, 0) is 6.42 Å². The second-order valence-electron chi connectivity index (χ2n) is 5.20. The summed E-state index contributed by atoms with van der Waals surface area (Å²) in [4.78, 5) is 35.3. The van der Waals surface area contributed by atoms with Gasteiger partial charge in [0.05, 0.1) is 6.54 Å². The number of carboxylic acids is 1. The summed E-state index contributed by atoms with van der Waals surface area (Å²) in [5.74, 6) is -1.70. The van der Waals surface area contributed by atoms with E-state index in [4.69, 9.17) is 5.11 Å². The van der Waals surface area contributed by atoms with Crippen molar-refractivity contribution in [2.24, 2.45) is 5.41 Å². The van der Waals surface area contributed by atoms with Crippen molar-refractivity contribution in [2.75, 3.05) is 13.6 Å². The van der Waals surface area contributed by atoms with E-state index in [2.05, 4.69) is 5.32 Å². The molecule has 0 spiro atoms. The third-order valence-electron chi connectivity index (χ3n) is 2.61. The molecule has 0 radical (unpaired) electrons. The predicted octanol–water partition coefficient (Wildman–Crippen LogP) is 0.470. The zero-order chi connectivity index (χ0) is 14.5.